The molecule has 91 heavy (non-hydrogen) atoms. The van der Waals surface area contributed by atoms with Crippen LogP contribution in [0.3, 0.4) is 0 Å². The summed E-state index contributed by atoms with van der Waals surface area (Å²) in [5, 5.41) is 52.2. The largest absolute Gasteiger partial charge is 0.497 e. The van der Waals surface area contributed by atoms with E-state index in [1.165, 1.54) is 37.6 Å². The number of aromatic hydroxyl groups is 2. The number of oxime groups is 1. The summed E-state index contributed by atoms with van der Waals surface area (Å²) in [6.07, 6.45) is 0. The number of imide groups is 2. The fourth-order valence-electron chi connectivity index (χ4n) is 8.12. The van der Waals surface area contributed by atoms with Crippen LogP contribution in [0.25, 0.3) is 0 Å². The van der Waals surface area contributed by atoms with Crippen molar-refractivity contribution >= 4 is 63.5 Å². The number of nitrogens with two attached hydrogens (primary N) is 1. The summed E-state index contributed by atoms with van der Waals surface area (Å²) in [6, 6.07) is 45.3. The third kappa shape index (κ3) is 19.8. The molecule has 0 saturated carbocycles. The maximum absolute atomic E-state index is 12.1. The number of ether oxygens (including phenoxy) is 4. The minimum Gasteiger partial charge on any atom is -0.497 e. The highest BCUT2D eigenvalue weighted by atomic mass is 79.9. The number of hydrogen-bond acceptors (Lipinski definition) is 21. The molecule has 2 aliphatic rings. The van der Waals surface area contributed by atoms with Gasteiger partial charge in [0.1, 0.15) is 36.2 Å². The standard InChI is InChI=1S/C16H18N2O5.C16H13NO4.C8H9BrO.C8H9NO4.C8H5NO3.C8H11NO2.ClH/c1-10-8-14(19)18(21)16(20)15(10)11(2)17-23-9-12-4-6-13(22-3)7-5-12;1-20-12-8-6-11(7-9-12)10-21-17-15(18)13-4-2-3-5-14(13)16(17)19;1-10-8-4-2-7(6-9)3-5-8;1-4-3-6(11)9(13)8(12)7(4)5(2)10;10-7-5-3-1-2-4-6(5)8(11)9(7)12;1-10-8-4-2-7(3-5-8)6-11-9;/h4-8,20-21H,9H2,1-3H3;2-9H,10H2,1H3;2-5H,6H2,1H3;3,12-13H,1-2H3;1-4,12H;2-5H,6,9H2,1H3;1H. The number of aromatic nitrogens is 2. The van der Waals surface area contributed by atoms with E-state index in [2.05, 4.69) is 25.9 Å². The molecule has 0 radical (unpaired) electrons. The van der Waals surface area contributed by atoms with Crippen LogP contribution in [0.15, 0.2) is 172 Å². The molecule has 0 atom stereocenters. The van der Waals surface area contributed by atoms with Gasteiger partial charge in [0.05, 0.1) is 74.1 Å². The number of halogens is 2. The zero-order valence-corrected chi connectivity index (χ0v) is 52.8. The van der Waals surface area contributed by atoms with E-state index in [1.54, 1.807) is 90.8 Å². The molecule has 2 aromatic heterocycles. The Hall–Kier alpha value is -10.4. The number of aryl methyl sites for hydroxylation is 2. The van der Waals surface area contributed by atoms with E-state index < -0.39 is 52.3 Å². The summed E-state index contributed by atoms with van der Waals surface area (Å²) in [5.41, 5.74) is 5.21. The molecule has 0 saturated heterocycles. The first kappa shape index (κ1) is 73.1. The minimum atomic E-state index is -0.764. The van der Waals surface area contributed by atoms with Crippen LogP contribution in [0.5, 0.6) is 34.8 Å². The highest BCUT2D eigenvalue weighted by molar-refractivity contribution is 9.08. The highest BCUT2D eigenvalue weighted by Gasteiger charge is 2.37. The Kier molecular flexibility index (Phi) is 28.6. The average Bonchev–Trinajstić information content (AvgIpc) is 1.84. The molecule has 10 rings (SSSR count). The van der Waals surface area contributed by atoms with Gasteiger partial charge in [-0.2, -0.15) is 0 Å². The van der Waals surface area contributed by atoms with E-state index in [4.69, 9.17) is 44.9 Å². The van der Waals surface area contributed by atoms with Crippen molar-refractivity contribution in [2.75, 3.05) is 28.4 Å². The highest BCUT2D eigenvalue weighted by Crippen LogP contribution is 2.25. The van der Waals surface area contributed by atoms with Gasteiger partial charge in [0.25, 0.3) is 34.7 Å². The number of nitrogens with zero attached hydrogens (tertiary/aromatic N) is 5. The molecule has 8 aromatic rings. The molecule has 0 aliphatic carbocycles. The summed E-state index contributed by atoms with van der Waals surface area (Å²) in [6.45, 7) is 6.81. The number of Topliss-reactive ketones (excluding diaryl/α,β-unsaturated/α-hetero) is 1. The van der Waals surface area contributed by atoms with Gasteiger partial charge in [0, 0.05) is 17.5 Å². The number of methoxy groups -OCH3 is 4. The van der Waals surface area contributed by atoms with E-state index in [1.807, 2.05) is 84.9 Å². The van der Waals surface area contributed by atoms with Crippen molar-refractivity contribution < 1.29 is 83.3 Å². The van der Waals surface area contributed by atoms with Crippen molar-refractivity contribution in [3.05, 3.63) is 245 Å². The molecule has 0 spiro atoms. The van der Waals surface area contributed by atoms with Crippen LogP contribution in [0.1, 0.15) is 105 Å². The first-order chi connectivity index (χ1) is 43.0. The molecular formula is C64H66BrClN6O19. The first-order valence-corrected chi connectivity index (χ1v) is 27.8. The molecule has 0 bridgehead atoms. The molecule has 27 heteroatoms. The van der Waals surface area contributed by atoms with E-state index in [0.29, 0.717) is 34.6 Å². The summed E-state index contributed by atoms with van der Waals surface area (Å²) in [5.74, 6) is 4.28. The predicted molar refractivity (Wildman–Crippen MR) is 337 cm³/mol. The Balaban J connectivity index is 0.000000239. The SMILES string of the molecule is CC(=O)c1c(C)cc(=O)n(O)c1O.COc1ccc(CBr)cc1.COc1ccc(CON)cc1.COc1ccc(CON2C(=O)c3ccccc3C2=O)cc1.COc1ccc(CON=C(C)c2c(C)cc(=O)n(O)c2O)cc1.Cl.O=C1c2ccccc2C(=O)N1O. The van der Waals surface area contributed by atoms with E-state index in [-0.39, 0.29) is 62.4 Å². The fraction of sp³-hybridized carbons (Fsp3) is 0.188. The molecule has 4 heterocycles. The molecule has 4 amide bonds. The van der Waals surface area contributed by atoms with Gasteiger partial charge < -0.3 is 44.4 Å². The number of hydrogen-bond donors (Lipinski definition) is 6. The molecule has 0 unspecified atom stereocenters. The number of alkyl halides is 1. The number of carbonyl (C=O) groups is 5. The number of carbonyl (C=O) groups excluding carboxylic acids is 5. The van der Waals surface area contributed by atoms with Crippen molar-refractivity contribution in [2.24, 2.45) is 11.1 Å². The van der Waals surface area contributed by atoms with E-state index in [9.17, 15) is 49.0 Å². The molecule has 480 valence electrons. The van der Waals surface area contributed by atoms with Crippen molar-refractivity contribution in [3.8, 4) is 34.8 Å². The molecular weight excluding hydrogens is 1270 g/mol. The van der Waals surface area contributed by atoms with Crippen LogP contribution < -0.4 is 36.0 Å². The van der Waals surface area contributed by atoms with Crippen molar-refractivity contribution in [2.45, 2.75) is 52.8 Å². The normalized spacial score (nSPS) is 11.6. The van der Waals surface area contributed by atoms with Crippen molar-refractivity contribution in [1.82, 2.24) is 19.6 Å². The fourth-order valence-corrected chi connectivity index (χ4v) is 8.49. The van der Waals surface area contributed by atoms with E-state index in [0.717, 1.165) is 56.1 Å². The zero-order chi connectivity index (χ0) is 66.2. The van der Waals surface area contributed by atoms with Gasteiger partial charge >= 0.3 is 0 Å². The van der Waals surface area contributed by atoms with Crippen LogP contribution in [0.4, 0.5) is 0 Å². The quantitative estimate of drug-likeness (QED) is 0.0106. The van der Waals surface area contributed by atoms with Crippen LogP contribution >= 0.6 is 28.3 Å². The first-order valence-electron chi connectivity index (χ1n) is 26.7. The number of fused-ring (bicyclic) bond motifs is 2. The lowest BCUT2D eigenvalue weighted by Gasteiger charge is -2.13. The number of pyridine rings is 2. The lowest BCUT2D eigenvalue weighted by molar-refractivity contribution is -0.101. The Morgan fingerprint density at radius 3 is 1.18 bits per heavy atom. The summed E-state index contributed by atoms with van der Waals surface area (Å²) in [7, 11) is 6.48. The Labute approximate surface area is 536 Å². The Morgan fingerprint density at radius 1 is 0.495 bits per heavy atom. The smallest absolute Gasteiger partial charge is 0.286 e. The maximum Gasteiger partial charge on any atom is 0.286 e. The molecule has 7 N–H and O–H groups in total. The number of amides is 4. The second kappa shape index (κ2) is 35.6. The minimum absolute atomic E-state index is 0. The lowest BCUT2D eigenvalue weighted by atomic mass is 10.1. The number of benzene rings is 6. The zero-order valence-electron chi connectivity index (χ0n) is 50.4. The molecule has 6 aromatic carbocycles. The van der Waals surface area contributed by atoms with Gasteiger partial charge in [-0.15, -0.1) is 32.0 Å². The number of ketones is 1. The van der Waals surface area contributed by atoms with Gasteiger partial charge in [-0.25, -0.2) is 5.90 Å². The third-order valence-electron chi connectivity index (χ3n) is 12.8. The Morgan fingerprint density at radius 2 is 0.824 bits per heavy atom. The van der Waals surface area contributed by atoms with Crippen LogP contribution in [-0.2, 0) is 39.7 Å². The van der Waals surface area contributed by atoms with Crippen LogP contribution in [0, 0.1) is 13.8 Å². The maximum atomic E-state index is 12.1. The molecule has 25 nitrogen and oxygen atoms in total. The topological polar surface area (TPSA) is 340 Å². The Bertz CT molecular complexity index is 3850. The number of rotatable bonds is 15. The number of hydroxylamine groups is 4. The summed E-state index contributed by atoms with van der Waals surface area (Å²) in [4.78, 5) is 94.6. The van der Waals surface area contributed by atoms with Crippen molar-refractivity contribution in [1.29, 1.82) is 0 Å². The van der Waals surface area contributed by atoms with Gasteiger partial charge in [-0.1, -0.05) is 93.9 Å². The monoisotopic (exact) mass is 1340 g/mol. The molecule has 2 aliphatic heterocycles. The second-order valence-corrected chi connectivity index (χ2v) is 19.4. The van der Waals surface area contributed by atoms with Crippen LogP contribution in [-0.4, -0.2) is 109 Å². The van der Waals surface area contributed by atoms with E-state index >= 15 is 0 Å². The summed E-state index contributed by atoms with van der Waals surface area (Å²) < 4.78 is 20.3. The van der Waals surface area contributed by atoms with Gasteiger partial charge in [-0.3, -0.25) is 48.4 Å². The van der Waals surface area contributed by atoms with Gasteiger partial charge in [0.2, 0.25) is 11.8 Å². The molecule has 0 fully saturated rings. The summed E-state index contributed by atoms with van der Waals surface area (Å²) >= 11 is 3.36. The lowest BCUT2D eigenvalue weighted by Crippen LogP contribution is -2.29. The van der Waals surface area contributed by atoms with Gasteiger partial charge in [0.15, 0.2) is 5.78 Å². The third-order valence-corrected chi connectivity index (χ3v) is 13.5. The van der Waals surface area contributed by atoms with Crippen LogP contribution in [0.2, 0.25) is 0 Å². The van der Waals surface area contributed by atoms with Crippen molar-refractivity contribution in [3.63, 3.8) is 0 Å². The second-order valence-electron chi connectivity index (χ2n) is 18.9. The predicted octanol–water partition coefficient (Wildman–Crippen LogP) is 9.54. The van der Waals surface area contributed by atoms with Gasteiger partial charge in [-0.05, 0) is 134 Å². The average molecular weight is 1340 g/mol.